The van der Waals surface area contributed by atoms with E-state index in [2.05, 4.69) is 23.2 Å². The van der Waals surface area contributed by atoms with Gasteiger partial charge in [0.1, 0.15) is 30.1 Å². The summed E-state index contributed by atoms with van der Waals surface area (Å²) in [5.74, 6) is -3.22. The summed E-state index contributed by atoms with van der Waals surface area (Å²) in [6.45, 7) is 10.0. The molecule has 1 aromatic heterocycles. The average molecular weight is 851 g/mol. The Bertz CT molecular complexity index is 2230. The second-order valence-corrected chi connectivity index (χ2v) is 16.3. The Morgan fingerprint density at radius 2 is 1.81 bits per heavy atom. The van der Waals surface area contributed by atoms with Crippen LogP contribution in [0, 0.1) is 35.7 Å². The summed E-state index contributed by atoms with van der Waals surface area (Å²) in [6, 6.07) is 13.9. The number of aryl methyl sites for hydroxylation is 1. The Morgan fingerprint density at radius 1 is 1.07 bits per heavy atom. The van der Waals surface area contributed by atoms with Crippen molar-refractivity contribution in [1.29, 1.82) is 5.26 Å². The van der Waals surface area contributed by atoms with Gasteiger partial charge in [-0.2, -0.15) is 10.4 Å². The number of ether oxygens (including phenoxy) is 3. The van der Waals surface area contributed by atoms with Crippen LogP contribution in [0.3, 0.4) is 0 Å². The van der Waals surface area contributed by atoms with Crippen LogP contribution in [-0.2, 0) is 51.1 Å². The Balaban J connectivity index is 1.40. The van der Waals surface area contributed by atoms with Crippen LogP contribution >= 0.6 is 19.6 Å². The van der Waals surface area contributed by atoms with Crippen molar-refractivity contribution in [3.63, 3.8) is 0 Å². The highest BCUT2D eigenvalue weighted by Crippen LogP contribution is 2.50. The fourth-order valence-corrected chi connectivity index (χ4v) is 8.42. The number of carbonyl (C=O) groups is 1. The maximum absolute atomic E-state index is 16.1. The summed E-state index contributed by atoms with van der Waals surface area (Å²) < 4.78 is 94.1. The zero-order valence-corrected chi connectivity index (χ0v) is 34.0. The molecular formula is C42H42F3N4O8PS. The zero-order valence-electron chi connectivity index (χ0n) is 32.2. The lowest BCUT2D eigenvalue weighted by atomic mass is 9.89. The Hall–Kier alpha value is -5.11. The van der Waals surface area contributed by atoms with E-state index in [0.717, 1.165) is 12.1 Å². The number of nitrogens with zero attached hydrogens (tertiary/aromatic N) is 4. The number of halogens is 3. The van der Waals surface area contributed by atoms with E-state index in [0.29, 0.717) is 22.8 Å². The van der Waals surface area contributed by atoms with Crippen molar-refractivity contribution in [3.8, 4) is 6.07 Å². The van der Waals surface area contributed by atoms with E-state index >= 15 is 4.39 Å². The zero-order chi connectivity index (χ0) is 42.4. The molecule has 1 aliphatic rings. The van der Waals surface area contributed by atoms with Crippen molar-refractivity contribution in [2.24, 2.45) is 0 Å². The maximum atomic E-state index is 16.1. The SMILES string of the molecule is C=CCOP(=O)(OCC=C)OCc1c(C)cccc1C(=O)OC(Cn1cncn1)(c1ccc(F)cc1F)C(C)SC1COC(C=CC=Cc2ccc(C#N)cc2F)OC1. The highest BCUT2D eigenvalue weighted by atomic mass is 32.2. The number of hydrogen-bond acceptors (Lipinski definition) is 12. The highest BCUT2D eigenvalue weighted by Gasteiger charge is 2.47. The number of rotatable bonds is 20. The fourth-order valence-electron chi connectivity index (χ4n) is 5.97. The maximum Gasteiger partial charge on any atom is 0.475 e. The van der Waals surface area contributed by atoms with Crippen molar-refractivity contribution in [3.05, 3.63) is 162 Å². The molecule has 3 aromatic carbocycles. The van der Waals surface area contributed by atoms with Crippen LogP contribution in [-0.4, -0.2) is 64.0 Å². The minimum atomic E-state index is -4.15. The molecule has 2 unspecified atom stereocenters. The number of esters is 1. The van der Waals surface area contributed by atoms with Crippen molar-refractivity contribution in [2.45, 2.75) is 49.4 Å². The van der Waals surface area contributed by atoms with E-state index in [-0.39, 0.29) is 54.9 Å². The van der Waals surface area contributed by atoms with Crippen LogP contribution in [0.15, 0.2) is 111 Å². The van der Waals surface area contributed by atoms with E-state index in [4.69, 9.17) is 33.0 Å². The molecule has 0 aliphatic carbocycles. The predicted molar refractivity (Wildman–Crippen MR) is 215 cm³/mol. The van der Waals surface area contributed by atoms with Gasteiger partial charge in [0.15, 0.2) is 11.9 Å². The van der Waals surface area contributed by atoms with E-state index in [1.54, 1.807) is 50.3 Å². The molecule has 12 nitrogen and oxygen atoms in total. The molecule has 0 bridgehead atoms. The number of hydrogen-bond donors (Lipinski definition) is 0. The summed E-state index contributed by atoms with van der Waals surface area (Å²) in [5.41, 5.74) is -0.576. The van der Waals surface area contributed by atoms with Gasteiger partial charge < -0.3 is 14.2 Å². The first-order valence-corrected chi connectivity index (χ1v) is 20.6. The number of allylic oxidation sites excluding steroid dienone is 2. The van der Waals surface area contributed by atoms with Gasteiger partial charge in [0.05, 0.1) is 62.0 Å². The quantitative estimate of drug-likeness (QED) is 0.0363. The van der Waals surface area contributed by atoms with Crippen molar-refractivity contribution < 1.29 is 50.3 Å². The lowest BCUT2D eigenvalue weighted by Crippen LogP contribution is -2.47. The van der Waals surface area contributed by atoms with Gasteiger partial charge in [-0.05, 0) is 61.4 Å². The molecule has 1 aliphatic heterocycles. The molecular weight excluding hydrogens is 809 g/mol. The van der Waals surface area contributed by atoms with Gasteiger partial charge in [0.25, 0.3) is 0 Å². The Morgan fingerprint density at radius 3 is 2.46 bits per heavy atom. The molecule has 0 spiro atoms. The molecule has 2 atom stereocenters. The molecule has 1 fully saturated rings. The number of aromatic nitrogens is 3. The summed E-state index contributed by atoms with van der Waals surface area (Å²) >= 11 is 1.30. The molecule has 17 heteroatoms. The van der Waals surface area contributed by atoms with Crippen LogP contribution < -0.4 is 0 Å². The van der Waals surface area contributed by atoms with Crippen molar-refractivity contribution in [2.75, 3.05) is 26.4 Å². The number of phosphoric acid groups is 1. The third kappa shape index (κ3) is 12.0. The Kier molecular flexibility index (Phi) is 16.2. The van der Waals surface area contributed by atoms with E-state index in [1.807, 2.05) is 6.07 Å². The van der Waals surface area contributed by atoms with Gasteiger partial charge >= 0.3 is 13.8 Å². The second-order valence-electron chi connectivity index (χ2n) is 13.0. The lowest BCUT2D eigenvalue weighted by Gasteiger charge is -2.40. The first-order valence-electron chi connectivity index (χ1n) is 18.2. The smallest absolute Gasteiger partial charge is 0.447 e. The van der Waals surface area contributed by atoms with Gasteiger partial charge in [-0.1, -0.05) is 48.6 Å². The lowest BCUT2D eigenvalue weighted by molar-refractivity contribution is -0.146. The molecule has 0 amide bonds. The van der Waals surface area contributed by atoms with Gasteiger partial charge in [-0.15, -0.1) is 24.9 Å². The van der Waals surface area contributed by atoms with E-state index < -0.39 is 55.0 Å². The first-order chi connectivity index (χ1) is 28.4. The van der Waals surface area contributed by atoms with Crippen LogP contribution in [0.25, 0.3) is 6.08 Å². The second kappa shape index (κ2) is 21.2. The largest absolute Gasteiger partial charge is 0.475 e. The monoisotopic (exact) mass is 850 g/mol. The number of phosphoric ester groups is 1. The molecule has 1 saturated heterocycles. The molecule has 2 heterocycles. The average Bonchev–Trinajstić information content (AvgIpc) is 3.74. The fraction of sp³-hybridized carbons (Fsp3) is 0.286. The van der Waals surface area contributed by atoms with E-state index in [1.165, 1.54) is 65.5 Å². The van der Waals surface area contributed by atoms with E-state index in [9.17, 15) is 18.1 Å². The first kappa shape index (κ1) is 45.0. The van der Waals surface area contributed by atoms with Gasteiger partial charge in [-0.25, -0.2) is 32.2 Å². The predicted octanol–water partition coefficient (Wildman–Crippen LogP) is 8.79. The number of carbonyl (C=O) groups excluding carboxylic acids is 1. The van der Waals surface area contributed by atoms with Crippen molar-refractivity contribution in [1.82, 2.24) is 14.8 Å². The number of thioether (sulfide) groups is 1. The minimum absolute atomic E-state index is 0.0154. The summed E-state index contributed by atoms with van der Waals surface area (Å²) in [5, 5.41) is 12.1. The Labute approximate surface area is 344 Å². The standard InChI is InChI=1S/C42H42F3N4O8PS/c1-5-18-54-58(51,55-19-6-2)56-25-36-29(3)10-9-12-35(36)41(50)57-42(26-49-28-47-27-48-49,37-17-16-33(43)21-39(37)45)30(4)59-34-23-52-40(53-24-34)13-8-7-11-32-15-14-31(22-46)20-38(32)44/h5-17,20-21,27-28,30,34,40H,1-2,18-19,23-26H2,3-4H3. The summed E-state index contributed by atoms with van der Waals surface area (Å²) in [7, 11) is -4.15. The molecule has 59 heavy (non-hydrogen) atoms. The third-order valence-electron chi connectivity index (χ3n) is 8.95. The molecule has 0 saturated carbocycles. The molecule has 0 N–H and O–H groups in total. The molecule has 4 aromatic rings. The highest BCUT2D eigenvalue weighted by molar-refractivity contribution is 8.00. The van der Waals surface area contributed by atoms with Crippen LogP contribution in [0.1, 0.15) is 45.1 Å². The summed E-state index contributed by atoms with van der Waals surface area (Å²) in [6.07, 6.45) is 11.1. The summed E-state index contributed by atoms with van der Waals surface area (Å²) in [4.78, 5) is 18.5. The van der Waals surface area contributed by atoms with Crippen LogP contribution in [0.5, 0.6) is 0 Å². The topological polar surface area (TPSA) is 144 Å². The molecule has 0 radical (unpaired) electrons. The van der Waals surface area contributed by atoms with Crippen molar-refractivity contribution >= 4 is 31.6 Å². The number of benzene rings is 3. The van der Waals surface area contributed by atoms with Gasteiger partial charge in [-0.3, -0.25) is 13.6 Å². The number of nitriles is 1. The van der Waals surface area contributed by atoms with Crippen LogP contribution in [0.4, 0.5) is 13.2 Å². The third-order valence-corrected chi connectivity index (χ3v) is 11.8. The molecule has 310 valence electrons. The van der Waals surface area contributed by atoms with Gasteiger partial charge in [0, 0.05) is 22.4 Å². The normalized spacial score (nSPS) is 17.4. The molecule has 5 rings (SSSR count). The van der Waals surface area contributed by atoms with Gasteiger partial charge in [0.2, 0.25) is 0 Å². The minimum Gasteiger partial charge on any atom is -0.447 e. The van der Waals surface area contributed by atoms with Crippen LogP contribution in [0.2, 0.25) is 0 Å².